The quantitative estimate of drug-likeness (QED) is 0.788. The molecule has 2 rings (SSSR count). The molecule has 1 aromatic carbocycles. The van der Waals surface area contributed by atoms with E-state index in [1.165, 1.54) is 24.1 Å². The lowest BCUT2D eigenvalue weighted by Crippen LogP contribution is -2.31. The number of anilines is 1. The average molecular weight is 234 g/mol. The number of rotatable bonds is 6. The summed E-state index contributed by atoms with van der Waals surface area (Å²) in [6.07, 6.45) is 2.55. The molecule has 3 heteroatoms. The van der Waals surface area contributed by atoms with E-state index in [4.69, 9.17) is 5.73 Å². The summed E-state index contributed by atoms with van der Waals surface area (Å²) in [6, 6.07) is 9.14. The summed E-state index contributed by atoms with van der Waals surface area (Å²) in [5.41, 5.74) is 8.02. The Morgan fingerprint density at radius 2 is 2.00 bits per heavy atom. The van der Waals surface area contributed by atoms with Gasteiger partial charge in [0.05, 0.1) is 0 Å². The van der Waals surface area contributed by atoms with Crippen LogP contribution in [0.4, 0.5) is 5.69 Å². The molecular formula is C14H22N2O. The molecule has 0 radical (unpaired) electrons. The van der Waals surface area contributed by atoms with E-state index in [-0.39, 0.29) is 6.61 Å². The fraction of sp³-hybridized carbons (Fsp3) is 0.571. The van der Waals surface area contributed by atoms with Crippen molar-refractivity contribution < 1.29 is 5.11 Å². The molecule has 3 N–H and O–H groups in total. The van der Waals surface area contributed by atoms with E-state index in [2.05, 4.69) is 36.1 Å². The lowest BCUT2D eigenvalue weighted by atomic mass is 10.1. The zero-order valence-corrected chi connectivity index (χ0v) is 10.5. The highest BCUT2D eigenvalue weighted by Crippen LogP contribution is 2.32. The van der Waals surface area contributed by atoms with E-state index in [1.54, 1.807) is 0 Å². The molecule has 0 aromatic heterocycles. The van der Waals surface area contributed by atoms with Crippen molar-refractivity contribution in [2.24, 2.45) is 11.7 Å². The highest BCUT2D eigenvalue weighted by atomic mass is 16.3. The summed E-state index contributed by atoms with van der Waals surface area (Å²) in [6.45, 7) is 3.87. The number of aliphatic hydroxyl groups is 1. The van der Waals surface area contributed by atoms with Gasteiger partial charge in [0, 0.05) is 31.4 Å². The second kappa shape index (κ2) is 5.52. The summed E-state index contributed by atoms with van der Waals surface area (Å²) in [5, 5.41) is 9.17. The van der Waals surface area contributed by atoms with Gasteiger partial charge in [-0.05, 0) is 36.5 Å². The molecule has 0 aliphatic heterocycles. The molecule has 0 heterocycles. The Labute approximate surface area is 103 Å². The maximum Gasteiger partial charge on any atom is 0.0473 e. The topological polar surface area (TPSA) is 49.5 Å². The molecule has 1 aliphatic carbocycles. The minimum atomic E-state index is 0.254. The maximum absolute atomic E-state index is 9.17. The standard InChI is InChI=1S/C14H22N2O/c1-11(10-17)9-16(14-6-7-14)13-4-2-12(8-15)3-5-13/h2-5,11,14,17H,6-10,15H2,1H3. The number of nitrogens with zero attached hydrogens (tertiary/aromatic N) is 1. The Bertz CT molecular complexity index is 346. The van der Waals surface area contributed by atoms with Crippen molar-refractivity contribution in [1.29, 1.82) is 0 Å². The Balaban J connectivity index is 2.08. The van der Waals surface area contributed by atoms with Crippen LogP contribution in [0.5, 0.6) is 0 Å². The fourth-order valence-electron chi connectivity index (χ4n) is 2.07. The highest BCUT2D eigenvalue weighted by Gasteiger charge is 2.29. The van der Waals surface area contributed by atoms with Gasteiger partial charge in [-0.2, -0.15) is 0 Å². The third-order valence-corrected chi connectivity index (χ3v) is 3.31. The molecular weight excluding hydrogens is 212 g/mol. The Morgan fingerprint density at radius 1 is 1.35 bits per heavy atom. The first kappa shape index (κ1) is 12.4. The molecule has 1 aliphatic rings. The normalized spacial score (nSPS) is 16.9. The minimum Gasteiger partial charge on any atom is -0.396 e. The number of hydrogen-bond donors (Lipinski definition) is 2. The lowest BCUT2D eigenvalue weighted by Gasteiger charge is -2.27. The van der Waals surface area contributed by atoms with Crippen molar-refractivity contribution >= 4 is 5.69 Å². The van der Waals surface area contributed by atoms with Crippen LogP contribution in [-0.2, 0) is 6.54 Å². The molecule has 1 unspecified atom stereocenters. The van der Waals surface area contributed by atoms with Crippen LogP contribution in [0.15, 0.2) is 24.3 Å². The van der Waals surface area contributed by atoms with E-state index in [0.717, 1.165) is 6.54 Å². The van der Waals surface area contributed by atoms with E-state index in [0.29, 0.717) is 18.5 Å². The Morgan fingerprint density at radius 3 is 2.47 bits per heavy atom. The van der Waals surface area contributed by atoms with Crippen LogP contribution in [0.3, 0.4) is 0 Å². The lowest BCUT2D eigenvalue weighted by molar-refractivity contribution is 0.239. The van der Waals surface area contributed by atoms with E-state index < -0.39 is 0 Å². The summed E-state index contributed by atoms with van der Waals surface area (Å²) in [4.78, 5) is 2.42. The zero-order chi connectivity index (χ0) is 12.3. The SMILES string of the molecule is CC(CO)CN(c1ccc(CN)cc1)C1CC1. The summed E-state index contributed by atoms with van der Waals surface area (Å²) in [5.74, 6) is 0.324. The van der Waals surface area contributed by atoms with Gasteiger partial charge in [0.1, 0.15) is 0 Å². The molecule has 1 atom stereocenters. The number of aliphatic hydroxyl groups excluding tert-OH is 1. The van der Waals surface area contributed by atoms with Crippen molar-refractivity contribution in [3.63, 3.8) is 0 Å². The second-order valence-electron chi connectivity index (χ2n) is 5.04. The van der Waals surface area contributed by atoms with E-state index in [9.17, 15) is 5.11 Å². The van der Waals surface area contributed by atoms with Gasteiger partial charge < -0.3 is 15.7 Å². The van der Waals surface area contributed by atoms with Crippen molar-refractivity contribution in [2.45, 2.75) is 32.4 Å². The molecule has 3 nitrogen and oxygen atoms in total. The predicted octanol–water partition coefficient (Wildman–Crippen LogP) is 1.74. The average Bonchev–Trinajstić information content (AvgIpc) is 3.20. The first-order valence-electron chi connectivity index (χ1n) is 6.41. The third-order valence-electron chi connectivity index (χ3n) is 3.31. The van der Waals surface area contributed by atoms with Crippen molar-refractivity contribution in [3.05, 3.63) is 29.8 Å². The summed E-state index contributed by atoms with van der Waals surface area (Å²) < 4.78 is 0. The molecule has 94 valence electrons. The third kappa shape index (κ3) is 3.20. The van der Waals surface area contributed by atoms with Crippen molar-refractivity contribution in [2.75, 3.05) is 18.1 Å². The number of hydrogen-bond acceptors (Lipinski definition) is 3. The van der Waals surface area contributed by atoms with Crippen LogP contribution < -0.4 is 10.6 Å². The zero-order valence-electron chi connectivity index (χ0n) is 10.5. The first-order valence-corrected chi connectivity index (χ1v) is 6.41. The number of nitrogens with two attached hydrogens (primary N) is 1. The molecule has 0 spiro atoms. The van der Waals surface area contributed by atoms with Gasteiger partial charge in [-0.1, -0.05) is 19.1 Å². The van der Waals surface area contributed by atoms with Crippen LogP contribution in [0.1, 0.15) is 25.3 Å². The van der Waals surface area contributed by atoms with Crippen LogP contribution in [0.2, 0.25) is 0 Å². The molecule has 1 saturated carbocycles. The van der Waals surface area contributed by atoms with Crippen LogP contribution in [-0.4, -0.2) is 24.3 Å². The minimum absolute atomic E-state index is 0.254. The molecule has 0 bridgehead atoms. The van der Waals surface area contributed by atoms with Crippen LogP contribution >= 0.6 is 0 Å². The van der Waals surface area contributed by atoms with Gasteiger partial charge in [-0.25, -0.2) is 0 Å². The van der Waals surface area contributed by atoms with Crippen molar-refractivity contribution in [1.82, 2.24) is 0 Å². The monoisotopic (exact) mass is 234 g/mol. The van der Waals surface area contributed by atoms with Crippen molar-refractivity contribution in [3.8, 4) is 0 Å². The first-order chi connectivity index (χ1) is 8.24. The molecule has 0 amide bonds. The van der Waals surface area contributed by atoms with Gasteiger partial charge in [0.15, 0.2) is 0 Å². The van der Waals surface area contributed by atoms with Gasteiger partial charge in [0.25, 0.3) is 0 Å². The maximum atomic E-state index is 9.17. The highest BCUT2D eigenvalue weighted by molar-refractivity contribution is 5.49. The molecule has 1 fully saturated rings. The van der Waals surface area contributed by atoms with E-state index >= 15 is 0 Å². The van der Waals surface area contributed by atoms with E-state index in [1.807, 2.05) is 0 Å². The van der Waals surface area contributed by atoms with Crippen LogP contribution in [0.25, 0.3) is 0 Å². The van der Waals surface area contributed by atoms with Gasteiger partial charge in [-0.3, -0.25) is 0 Å². The second-order valence-corrected chi connectivity index (χ2v) is 5.04. The van der Waals surface area contributed by atoms with Crippen LogP contribution in [0, 0.1) is 5.92 Å². The predicted molar refractivity (Wildman–Crippen MR) is 71.0 cm³/mol. The molecule has 17 heavy (non-hydrogen) atoms. The molecule has 0 saturated heterocycles. The largest absolute Gasteiger partial charge is 0.396 e. The van der Waals surface area contributed by atoms with Gasteiger partial charge >= 0.3 is 0 Å². The van der Waals surface area contributed by atoms with Gasteiger partial charge in [-0.15, -0.1) is 0 Å². The Hall–Kier alpha value is -1.06. The molecule has 1 aromatic rings. The smallest absolute Gasteiger partial charge is 0.0473 e. The Kier molecular flexibility index (Phi) is 4.02. The summed E-state index contributed by atoms with van der Waals surface area (Å²) >= 11 is 0. The number of benzene rings is 1. The summed E-state index contributed by atoms with van der Waals surface area (Å²) in [7, 11) is 0. The fourth-order valence-corrected chi connectivity index (χ4v) is 2.07. The van der Waals surface area contributed by atoms with Gasteiger partial charge in [0.2, 0.25) is 0 Å².